The third-order valence-electron chi connectivity index (χ3n) is 3.40. The van der Waals surface area contributed by atoms with Crippen molar-refractivity contribution in [2.75, 3.05) is 19.6 Å². The molecule has 3 nitrogen and oxygen atoms in total. The van der Waals surface area contributed by atoms with Crippen molar-refractivity contribution >= 4 is 39.7 Å². The van der Waals surface area contributed by atoms with Crippen molar-refractivity contribution in [3.8, 4) is 0 Å². The lowest BCUT2D eigenvalue weighted by molar-refractivity contribution is 0.0661. The first kappa shape index (κ1) is 14.3. The van der Waals surface area contributed by atoms with Gasteiger partial charge in [0.15, 0.2) is 0 Å². The first-order valence-electron chi connectivity index (χ1n) is 6.26. The zero-order chi connectivity index (χ0) is 12.5. The molecule has 1 N–H and O–H groups in total. The third-order valence-corrected chi connectivity index (χ3v) is 4.50. The molecule has 0 radical (unpaired) electrons. The number of benzene rings is 1. The van der Waals surface area contributed by atoms with Crippen LogP contribution in [0.4, 0.5) is 0 Å². The van der Waals surface area contributed by atoms with Crippen molar-refractivity contribution in [2.45, 2.75) is 13.0 Å². The maximum Gasteiger partial charge on any atom is 0.264 e. The average molecular weight is 297 g/mol. The van der Waals surface area contributed by atoms with Crippen molar-refractivity contribution in [1.82, 2.24) is 10.2 Å². The number of amides is 1. The maximum atomic E-state index is 12.5. The number of hydrogen-bond donors (Lipinski definition) is 1. The van der Waals surface area contributed by atoms with Gasteiger partial charge in [-0.05, 0) is 24.4 Å². The summed E-state index contributed by atoms with van der Waals surface area (Å²) in [7, 11) is 0. The van der Waals surface area contributed by atoms with E-state index in [9.17, 15) is 4.79 Å². The van der Waals surface area contributed by atoms with Crippen molar-refractivity contribution in [3.63, 3.8) is 0 Å². The number of piperazine rings is 1. The lowest BCUT2D eigenvalue weighted by atomic mass is 10.2. The van der Waals surface area contributed by atoms with Gasteiger partial charge in [-0.3, -0.25) is 4.79 Å². The van der Waals surface area contributed by atoms with Gasteiger partial charge in [-0.25, -0.2) is 0 Å². The quantitative estimate of drug-likeness (QED) is 0.877. The highest BCUT2D eigenvalue weighted by molar-refractivity contribution is 7.20. The molecule has 1 aromatic heterocycles. The number of thiophene rings is 1. The van der Waals surface area contributed by atoms with E-state index in [1.807, 2.05) is 23.1 Å². The first-order valence-corrected chi connectivity index (χ1v) is 7.07. The van der Waals surface area contributed by atoms with Crippen LogP contribution in [0, 0.1) is 0 Å². The molecule has 0 spiro atoms. The van der Waals surface area contributed by atoms with E-state index >= 15 is 0 Å². The number of rotatable bonds is 1. The van der Waals surface area contributed by atoms with Gasteiger partial charge in [-0.2, -0.15) is 0 Å². The molecule has 1 fully saturated rings. The van der Waals surface area contributed by atoms with Crippen LogP contribution >= 0.6 is 23.7 Å². The van der Waals surface area contributed by atoms with Gasteiger partial charge < -0.3 is 10.2 Å². The van der Waals surface area contributed by atoms with Gasteiger partial charge >= 0.3 is 0 Å². The van der Waals surface area contributed by atoms with Crippen LogP contribution in [0.25, 0.3) is 10.1 Å². The minimum atomic E-state index is 0. The van der Waals surface area contributed by atoms with Gasteiger partial charge in [0.2, 0.25) is 0 Å². The van der Waals surface area contributed by atoms with Crippen LogP contribution in [0.5, 0.6) is 0 Å². The zero-order valence-electron chi connectivity index (χ0n) is 10.8. The fourth-order valence-corrected chi connectivity index (χ4v) is 3.39. The molecule has 0 aliphatic carbocycles. The lowest BCUT2D eigenvalue weighted by Crippen LogP contribution is -2.52. The zero-order valence-corrected chi connectivity index (χ0v) is 12.4. The van der Waals surface area contributed by atoms with Crippen molar-refractivity contribution in [3.05, 3.63) is 35.2 Å². The molecule has 19 heavy (non-hydrogen) atoms. The first-order chi connectivity index (χ1) is 8.75. The molecular formula is C14H17ClN2OS. The molecule has 1 atom stereocenters. The molecule has 1 saturated heterocycles. The number of nitrogens with one attached hydrogen (secondary N) is 1. The molecule has 0 bridgehead atoms. The lowest BCUT2D eigenvalue weighted by Gasteiger charge is -2.33. The van der Waals surface area contributed by atoms with E-state index in [-0.39, 0.29) is 24.4 Å². The van der Waals surface area contributed by atoms with Gasteiger partial charge in [-0.15, -0.1) is 23.7 Å². The molecule has 0 saturated carbocycles. The van der Waals surface area contributed by atoms with Crippen LogP contribution in [0.3, 0.4) is 0 Å². The Kier molecular flexibility index (Phi) is 4.45. The van der Waals surface area contributed by atoms with Gasteiger partial charge in [0, 0.05) is 30.4 Å². The Labute approximate surface area is 123 Å². The number of fused-ring (bicyclic) bond motifs is 1. The Balaban J connectivity index is 0.00000133. The summed E-state index contributed by atoms with van der Waals surface area (Å²) in [4.78, 5) is 15.3. The Morgan fingerprint density at radius 2 is 2.21 bits per heavy atom. The monoisotopic (exact) mass is 296 g/mol. The van der Waals surface area contributed by atoms with Crippen LogP contribution in [0.1, 0.15) is 16.6 Å². The fourth-order valence-electron chi connectivity index (χ4n) is 2.37. The van der Waals surface area contributed by atoms with E-state index in [0.29, 0.717) is 0 Å². The summed E-state index contributed by atoms with van der Waals surface area (Å²) in [6.07, 6.45) is 0. The van der Waals surface area contributed by atoms with E-state index < -0.39 is 0 Å². The van der Waals surface area contributed by atoms with Crippen LogP contribution in [0.2, 0.25) is 0 Å². The largest absolute Gasteiger partial charge is 0.333 e. The van der Waals surface area contributed by atoms with E-state index in [4.69, 9.17) is 0 Å². The molecule has 3 rings (SSSR count). The third kappa shape index (κ3) is 2.76. The Bertz CT molecular complexity index is 551. The van der Waals surface area contributed by atoms with Gasteiger partial charge in [-0.1, -0.05) is 18.2 Å². The van der Waals surface area contributed by atoms with Gasteiger partial charge in [0.25, 0.3) is 5.91 Å². The van der Waals surface area contributed by atoms with Crippen LogP contribution in [-0.4, -0.2) is 36.5 Å². The van der Waals surface area contributed by atoms with Crippen LogP contribution < -0.4 is 5.32 Å². The average Bonchev–Trinajstić information content (AvgIpc) is 2.82. The molecule has 1 amide bonds. The second-order valence-corrected chi connectivity index (χ2v) is 5.78. The van der Waals surface area contributed by atoms with Gasteiger partial charge in [0.05, 0.1) is 4.88 Å². The highest BCUT2D eigenvalue weighted by atomic mass is 35.5. The normalized spacial score (nSPS) is 19.2. The Morgan fingerprint density at radius 1 is 1.42 bits per heavy atom. The predicted octanol–water partition coefficient (Wildman–Crippen LogP) is 2.76. The smallest absolute Gasteiger partial charge is 0.264 e. The highest BCUT2D eigenvalue weighted by Gasteiger charge is 2.25. The van der Waals surface area contributed by atoms with E-state index in [0.717, 1.165) is 29.9 Å². The number of carbonyl (C=O) groups excluding carboxylic acids is 1. The summed E-state index contributed by atoms with van der Waals surface area (Å²) in [6.45, 7) is 4.67. The second-order valence-electron chi connectivity index (χ2n) is 4.70. The minimum absolute atomic E-state index is 0. The number of hydrogen-bond acceptors (Lipinski definition) is 3. The molecule has 1 aromatic carbocycles. The standard InChI is InChI=1S/C14H16N2OS.ClH/c1-10-9-15-6-7-16(10)14(17)13-8-11-4-2-3-5-12(11)18-13;/h2-5,8,10,15H,6-7,9H2,1H3;1H/t10-;/m0./s1. The van der Waals surface area contributed by atoms with E-state index in [1.54, 1.807) is 11.3 Å². The molecule has 2 heterocycles. The number of halogens is 1. The summed E-state index contributed by atoms with van der Waals surface area (Å²) in [6, 6.07) is 10.4. The van der Waals surface area contributed by atoms with Crippen LogP contribution in [-0.2, 0) is 0 Å². The topological polar surface area (TPSA) is 32.3 Å². The van der Waals surface area contributed by atoms with Crippen molar-refractivity contribution in [2.24, 2.45) is 0 Å². The summed E-state index contributed by atoms with van der Waals surface area (Å²) in [5.41, 5.74) is 0. The fraction of sp³-hybridized carbons (Fsp3) is 0.357. The SMILES string of the molecule is C[C@H]1CNCCN1C(=O)c1cc2ccccc2s1.Cl. The van der Waals surface area contributed by atoms with E-state index in [1.165, 1.54) is 4.70 Å². The Hall–Kier alpha value is -1.10. The molecule has 0 unspecified atom stereocenters. The predicted molar refractivity (Wildman–Crippen MR) is 82.4 cm³/mol. The summed E-state index contributed by atoms with van der Waals surface area (Å²) < 4.78 is 1.18. The summed E-state index contributed by atoms with van der Waals surface area (Å²) in [5, 5.41) is 4.47. The summed E-state index contributed by atoms with van der Waals surface area (Å²) in [5.74, 6) is 0.171. The molecule has 1 aliphatic rings. The van der Waals surface area contributed by atoms with Gasteiger partial charge in [0.1, 0.15) is 0 Å². The highest BCUT2D eigenvalue weighted by Crippen LogP contribution is 2.26. The van der Waals surface area contributed by atoms with Crippen molar-refractivity contribution < 1.29 is 4.79 Å². The summed E-state index contributed by atoms with van der Waals surface area (Å²) >= 11 is 1.59. The molecular weight excluding hydrogens is 280 g/mol. The minimum Gasteiger partial charge on any atom is -0.333 e. The molecule has 1 aliphatic heterocycles. The Morgan fingerprint density at radius 3 is 2.95 bits per heavy atom. The second kappa shape index (κ2) is 5.90. The van der Waals surface area contributed by atoms with Crippen LogP contribution in [0.15, 0.2) is 30.3 Å². The molecule has 5 heteroatoms. The number of carbonyl (C=O) groups is 1. The maximum absolute atomic E-state index is 12.5. The molecule has 102 valence electrons. The van der Waals surface area contributed by atoms with E-state index in [2.05, 4.69) is 24.4 Å². The molecule has 2 aromatic rings. The number of nitrogens with zero attached hydrogens (tertiary/aromatic N) is 1. The van der Waals surface area contributed by atoms with Crippen molar-refractivity contribution in [1.29, 1.82) is 0 Å².